The summed E-state index contributed by atoms with van der Waals surface area (Å²) in [5, 5.41) is 7.76. The topological polar surface area (TPSA) is 122 Å². The Hall–Kier alpha value is -2.98. The Bertz CT molecular complexity index is 1310. The Morgan fingerprint density at radius 2 is 1.67 bits per heavy atom. The number of nitrogens with one attached hydrogen (secondary N) is 1. The van der Waals surface area contributed by atoms with Gasteiger partial charge in [-0.25, -0.2) is 22.8 Å². The molecule has 36 heavy (non-hydrogen) atoms. The van der Waals surface area contributed by atoms with Gasteiger partial charge in [0.05, 0.1) is 17.7 Å². The Balaban J connectivity index is 0.00000104. The van der Waals surface area contributed by atoms with E-state index < -0.39 is 17.9 Å². The van der Waals surface area contributed by atoms with Gasteiger partial charge in [0.1, 0.15) is 5.75 Å². The van der Waals surface area contributed by atoms with E-state index in [4.69, 9.17) is 30.7 Å². The summed E-state index contributed by atoms with van der Waals surface area (Å²) in [6.07, 6.45) is 4.10. The van der Waals surface area contributed by atoms with E-state index in [1.807, 2.05) is 55.6 Å². The maximum absolute atomic E-state index is 12.8. The second-order valence-corrected chi connectivity index (χ2v) is 10.1. The Morgan fingerprint density at radius 3 is 2.25 bits per heavy atom. The molecule has 3 aromatic rings. The number of rotatable bonds is 10. The molecule has 0 atom stereocenters. The molecule has 0 unspecified atom stereocenters. The average molecular weight is 555 g/mol. The minimum Gasteiger partial charge on any atom is -0.497 e. The highest BCUT2D eigenvalue weighted by Gasteiger charge is 2.16. The molecular weight excluding hydrogens is 527 g/mol. The maximum atomic E-state index is 12.8. The predicted octanol–water partition coefficient (Wildman–Crippen LogP) is 6.10. The number of ether oxygens (including phenoxy) is 1. The lowest BCUT2D eigenvalue weighted by Crippen LogP contribution is -2.20. The number of hydrogen-bond acceptors (Lipinski definition) is 8. The van der Waals surface area contributed by atoms with Gasteiger partial charge >= 0.3 is 7.91 Å². The second-order valence-electron chi connectivity index (χ2n) is 7.39. The first kappa shape index (κ1) is 29.3. The molecule has 0 radical (unpaired) electrons. The van der Waals surface area contributed by atoms with Gasteiger partial charge in [-0.05, 0) is 60.6 Å². The molecule has 0 heterocycles. The fourth-order valence-corrected chi connectivity index (χ4v) is 4.24. The zero-order chi connectivity index (χ0) is 26.6. The van der Waals surface area contributed by atoms with Gasteiger partial charge in [-0.3, -0.25) is 9.62 Å². The number of nitrogens with zero attached hydrogens (tertiary/aromatic N) is 1. The average Bonchev–Trinajstić information content (AvgIpc) is 2.86. The summed E-state index contributed by atoms with van der Waals surface area (Å²) in [7, 11) is -3.22. The van der Waals surface area contributed by atoms with Crippen LogP contribution in [0.4, 0.5) is 5.69 Å². The quantitative estimate of drug-likeness (QED) is 0.175. The third kappa shape index (κ3) is 9.94. The monoisotopic (exact) mass is 554 g/mol. The molecule has 3 aromatic carbocycles. The first-order valence-corrected chi connectivity index (χ1v) is 13.4. The summed E-state index contributed by atoms with van der Waals surface area (Å²) < 4.78 is 54.0. The third-order valence-electron chi connectivity index (χ3n) is 4.74. The summed E-state index contributed by atoms with van der Waals surface area (Å²) in [5.74, 6) is 0.604. The number of benzene rings is 3. The highest BCUT2D eigenvalue weighted by atomic mass is 35.5. The van der Waals surface area contributed by atoms with Gasteiger partial charge in [0.2, 0.25) is 0 Å². The van der Waals surface area contributed by atoms with Gasteiger partial charge in [-0.2, -0.15) is 0 Å². The molecule has 194 valence electrons. The molecule has 2 N–H and O–H groups in total. The number of likely N-dealkylation sites (N-methyl/N-ethyl adjacent to an activating group) is 1. The largest absolute Gasteiger partial charge is 0.497 e. The molecule has 3 rings (SSSR count). The lowest BCUT2D eigenvalue weighted by Gasteiger charge is -2.18. The van der Waals surface area contributed by atoms with Gasteiger partial charge in [0.15, 0.2) is 0 Å². The van der Waals surface area contributed by atoms with E-state index in [-0.39, 0.29) is 6.32 Å². The van der Waals surface area contributed by atoms with E-state index in [2.05, 4.69) is 20.4 Å². The molecule has 0 fully saturated rings. The summed E-state index contributed by atoms with van der Waals surface area (Å²) in [5.41, 5.74) is 2.53. The molecule has 0 saturated heterocycles. The van der Waals surface area contributed by atoms with Crippen LogP contribution in [0.1, 0.15) is 12.6 Å². The van der Waals surface area contributed by atoms with Crippen molar-refractivity contribution in [2.45, 2.75) is 11.4 Å². The highest BCUT2D eigenvalue weighted by Crippen LogP contribution is 2.23. The van der Waals surface area contributed by atoms with Crippen LogP contribution in [0.2, 0.25) is 5.02 Å². The van der Waals surface area contributed by atoms with E-state index in [1.165, 1.54) is 12.1 Å². The molecule has 12 heteroatoms. The van der Waals surface area contributed by atoms with Crippen molar-refractivity contribution in [2.24, 2.45) is 0 Å². The molecule has 0 bridgehead atoms. The van der Waals surface area contributed by atoms with E-state index in [0.717, 1.165) is 11.1 Å². The van der Waals surface area contributed by atoms with Crippen molar-refractivity contribution < 1.29 is 33.6 Å². The minimum absolute atomic E-state index is 0. The van der Waals surface area contributed by atoms with Crippen LogP contribution in [0, 0.1) is 0 Å². The maximum Gasteiger partial charge on any atom is 0.496 e. The van der Waals surface area contributed by atoms with Crippen LogP contribution in [0.3, 0.4) is 0 Å². The van der Waals surface area contributed by atoms with Crippen LogP contribution >= 0.6 is 19.5 Å². The molecule has 0 amide bonds. The Morgan fingerprint density at radius 1 is 1.06 bits per heavy atom. The van der Waals surface area contributed by atoms with Crippen LogP contribution in [0.5, 0.6) is 5.75 Å². The number of anilines is 1. The number of hydrogen-bond donors (Lipinski definition) is 2. The van der Waals surface area contributed by atoms with Crippen LogP contribution in [-0.4, -0.2) is 39.3 Å². The predicted molar refractivity (Wildman–Crippen MR) is 141 cm³/mol. The van der Waals surface area contributed by atoms with Gasteiger partial charge < -0.3 is 4.74 Å². The molecule has 0 aromatic heterocycles. The molecular formula is C24H28ClN2O7PS. The van der Waals surface area contributed by atoms with Gasteiger partial charge in [-0.1, -0.05) is 54.1 Å². The van der Waals surface area contributed by atoms with E-state index in [9.17, 15) is 8.42 Å². The third-order valence-corrected chi connectivity index (χ3v) is 6.50. The van der Waals surface area contributed by atoms with Crippen molar-refractivity contribution in [3.8, 4) is 5.75 Å². The number of halogens is 1. The van der Waals surface area contributed by atoms with Crippen LogP contribution in [0.15, 0.2) is 83.8 Å². The first-order chi connectivity index (χ1) is 17.1. The van der Waals surface area contributed by atoms with Crippen molar-refractivity contribution in [3.05, 3.63) is 95.0 Å². The molecule has 0 aliphatic rings. The molecule has 0 saturated carbocycles. The van der Waals surface area contributed by atoms with E-state index in [0.29, 0.717) is 29.5 Å². The first-order valence-electron chi connectivity index (χ1n) is 10.5. The van der Waals surface area contributed by atoms with Crippen LogP contribution in [-0.2, 0) is 30.4 Å². The van der Waals surface area contributed by atoms with Crippen molar-refractivity contribution in [2.75, 3.05) is 25.4 Å². The normalized spacial score (nSPS) is 11.1. The van der Waals surface area contributed by atoms with Crippen LogP contribution < -0.4 is 9.46 Å². The highest BCUT2D eigenvalue weighted by molar-refractivity contribution is 7.92. The van der Waals surface area contributed by atoms with Crippen LogP contribution in [0.25, 0.3) is 6.08 Å². The summed E-state index contributed by atoms with van der Waals surface area (Å²) >= 11 is 5.91. The number of methoxy groups -OCH3 is 1. The zero-order valence-electron chi connectivity index (χ0n) is 19.6. The van der Waals surface area contributed by atoms with Gasteiger partial charge in [0, 0.05) is 19.5 Å². The van der Waals surface area contributed by atoms with Crippen molar-refractivity contribution in [3.63, 3.8) is 0 Å². The standard InChI is InChI=1S/C24H25ClN2O3S.HO4P.H2/c1-27(17-5-6-19-9-11-21(25)12-10-19)18-20-7-3-4-8-24(20)26-31(28,29)23-15-13-22(30-2)14-16-23;1-4-5(2)3;/h3-16,26H,17-18H2,1-2H3;1H;1H/b6-5+;;. The second kappa shape index (κ2) is 14.5. The zero-order valence-corrected chi connectivity index (χ0v) is 22.0. The molecule has 0 aliphatic heterocycles. The SMILES string of the molecule is COc1ccc(S(=O)(=O)Nc2ccccc2CN(C)C/C=C/c2ccc(Cl)cc2)cc1.O=P(=O)OO.[HH]. The van der Waals surface area contributed by atoms with Crippen molar-refractivity contribution in [1.29, 1.82) is 0 Å². The van der Waals surface area contributed by atoms with Gasteiger partial charge in [-0.15, -0.1) is 4.67 Å². The van der Waals surface area contributed by atoms with Crippen molar-refractivity contribution in [1.82, 2.24) is 4.90 Å². The number of para-hydroxylation sites is 1. The van der Waals surface area contributed by atoms with E-state index >= 15 is 0 Å². The Labute approximate surface area is 217 Å². The van der Waals surface area contributed by atoms with Gasteiger partial charge in [0.25, 0.3) is 10.0 Å². The fraction of sp³-hybridized carbons (Fsp3) is 0.167. The molecule has 0 spiro atoms. The van der Waals surface area contributed by atoms with E-state index in [1.54, 1.807) is 25.3 Å². The molecule has 9 nitrogen and oxygen atoms in total. The summed E-state index contributed by atoms with van der Waals surface area (Å²) in [4.78, 5) is 2.29. The smallest absolute Gasteiger partial charge is 0.496 e. The molecule has 0 aliphatic carbocycles. The summed E-state index contributed by atoms with van der Waals surface area (Å²) in [6, 6.07) is 21.3. The Kier molecular flexibility index (Phi) is 11.8. The minimum atomic E-state index is -3.70. The summed E-state index contributed by atoms with van der Waals surface area (Å²) in [6.45, 7) is 1.30. The lowest BCUT2D eigenvalue weighted by atomic mass is 10.1. The number of sulfonamides is 1. The fourth-order valence-electron chi connectivity index (χ4n) is 3.01. The van der Waals surface area contributed by atoms with Crippen molar-refractivity contribution >= 4 is 41.3 Å². The lowest BCUT2D eigenvalue weighted by molar-refractivity contribution is -0.132.